The SMILES string of the molecule is CN(C)C(=O)NC1CCN(C(=O)c2cccnc2)CC1. The highest BCUT2D eigenvalue weighted by molar-refractivity contribution is 5.93. The first-order valence-corrected chi connectivity index (χ1v) is 6.75. The van der Waals surface area contributed by atoms with Crippen molar-refractivity contribution in [2.24, 2.45) is 0 Å². The average Bonchev–Trinajstić information content (AvgIpc) is 2.48. The normalized spacial score (nSPS) is 15.8. The molecule has 0 saturated carbocycles. The number of nitrogens with one attached hydrogen (secondary N) is 1. The molecule has 1 aliphatic rings. The molecule has 0 aromatic carbocycles. The minimum absolute atomic E-state index is 0.00971. The van der Waals surface area contributed by atoms with Crippen LogP contribution in [0.5, 0.6) is 0 Å². The van der Waals surface area contributed by atoms with E-state index in [1.165, 1.54) is 4.90 Å². The Kier molecular flexibility index (Phi) is 4.55. The number of hydrogen-bond acceptors (Lipinski definition) is 3. The second kappa shape index (κ2) is 6.36. The van der Waals surface area contributed by atoms with Crippen molar-refractivity contribution in [2.75, 3.05) is 27.2 Å². The molecule has 1 N–H and O–H groups in total. The van der Waals surface area contributed by atoms with Crippen LogP contribution in [0.4, 0.5) is 4.79 Å². The van der Waals surface area contributed by atoms with Crippen molar-refractivity contribution in [1.82, 2.24) is 20.1 Å². The van der Waals surface area contributed by atoms with Crippen molar-refractivity contribution in [3.63, 3.8) is 0 Å². The van der Waals surface area contributed by atoms with Gasteiger partial charge in [0.2, 0.25) is 0 Å². The van der Waals surface area contributed by atoms with Gasteiger partial charge >= 0.3 is 6.03 Å². The van der Waals surface area contributed by atoms with E-state index >= 15 is 0 Å². The number of amides is 3. The van der Waals surface area contributed by atoms with Gasteiger partial charge in [-0.25, -0.2) is 4.79 Å². The van der Waals surface area contributed by atoms with Crippen molar-refractivity contribution in [2.45, 2.75) is 18.9 Å². The molecule has 1 fully saturated rings. The van der Waals surface area contributed by atoms with Gasteiger partial charge in [-0.15, -0.1) is 0 Å². The minimum atomic E-state index is -0.0814. The fraction of sp³-hybridized carbons (Fsp3) is 0.500. The highest BCUT2D eigenvalue weighted by Crippen LogP contribution is 2.13. The van der Waals surface area contributed by atoms with E-state index in [1.54, 1.807) is 38.6 Å². The number of urea groups is 1. The zero-order valence-corrected chi connectivity index (χ0v) is 11.9. The van der Waals surface area contributed by atoms with Crippen LogP contribution in [0.25, 0.3) is 0 Å². The summed E-state index contributed by atoms with van der Waals surface area (Å²) in [5.41, 5.74) is 0.614. The molecule has 1 aliphatic heterocycles. The average molecular weight is 276 g/mol. The van der Waals surface area contributed by atoms with Crippen LogP contribution in [-0.4, -0.2) is 59.9 Å². The lowest BCUT2D eigenvalue weighted by Crippen LogP contribution is -2.48. The Hall–Kier alpha value is -2.11. The quantitative estimate of drug-likeness (QED) is 0.875. The van der Waals surface area contributed by atoms with Crippen LogP contribution in [-0.2, 0) is 0 Å². The predicted molar refractivity (Wildman–Crippen MR) is 75.4 cm³/mol. The monoisotopic (exact) mass is 276 g/mol. The molecule has 0 bridgehead atoms. The largest absolute Gasteiger partial charge is 0.338 e. The number of pyridine rings is 1. The first-order valence-electron chi connectivity index (χ1n) is 6.75. The zero-order chi connectivity index (χ0) is 14.5. The van der Waals surface area contributed by atoms with E-state index in [4.69, 9.17) is 0 Å². The molecule has 1 aromatic rings. The summed E-state index contributed by atoms with van der Waals surface area (Å²) in [5.74, 6) is 0.00971. The molecule has 0 aliphatic carbocycles. The lowest BCUT2D eigenvalue weighted by Gasteiger charge is -2.32. The van der Waals surface area contributed by atoms with Crippen LogP contribution in [0.1, 0.15) is 23.2 Å². The summed E-state index contributed by atoms with van der Waals surface area (Å²) in [4.78, 5) is 31.1. The second-order valence-corrected chi connectivity index (χ2v) is 5.15. The van der Waals surface area contributed by atoms with E-state index in [2.05, 4.69) is 10.3 Å². The maximum Gasteiger partial charge on any atom is 0.317 e. The summed E-state index contributed by atoms with van der Waals surface area (Å²) in [6, 6.07) is 3.59. The maximum absolute atomic E-state index is 12.2. The van der Waals surface area contributed by atoms with Crippen LogP contribution in [0.15, 0.2) is 24.5 Å². The fourth-order valence-corrected chi connectivity index (χ4v) is 2.20. The first kappa shape index (κ1) is 14.3. The summed E-state index contributed by atoms with van der Waals surface area (Å²) in [5, 5.41) is 2.95. The number of hydrogen-bond donors (Lipinski definition) is 1. The standard InChI is InChI=1S/C14H20N4O2/c1-17(2)14(20)16-12-5-8-18(9-6-12)13(19)11-4-3-7-15-10-11/h3-4,7,10,12H,5-6,8-9H2,1-2H3,(H,16,20). The Morgan fingerprint density at radius 2 is 2.05 bits per heavy atom. The molecule has 0 radical (unpaired) electrons. The number of carbonyl (C=O) groups is 2. The van der Waals surface area contributed by atoms with E-state index in [0.717, 1.165) is 12.8 Å². The molecule has 2 rings (SSSR count). The second-order valence-electron chi connectivity index (χ2n) is 5.15. The number of likely N-dealkylation sites (tertiary alicyclic amines) is 1. The van der Waals surface area contributed by atoms with E-state index in [0.29, 0.717) is 18.7 Å². The molecule has 2 heterocycles. The Morgan fingerprint density at radius 3 is 2.60 bits per heavy atom. The van der Waals surface area contributed by atoms with Gasteiger partial charge in [-0.3, -0.25) is 9.78 Å². The van der Waals surface area contributed by atoms with Crippen LogP contribution < -0.4 is 5.32 Å². The van der Waals surface area contributed by atoms with Crippen molar-refractivity contribution >= 4 is 11.9 Å². The predicted octanol–water partition coefficient (Wildman–Crippen LogP) is 0.957. The highest BCUT2D eigenvalue weighted by atomic mass is 16.2. The van der Waals surface area contributed by atoms with Crippen molar-refractivity contribution in [3.8, 4) is 0 Å². The number of rotatable bonds is 2. The van der Waals surface area contributed by atoms with Gasteiger partial charge in [-0.05, 0) is 25.0 Å². The summed E-state index contributed by atoms with van der Waals surface area (Å²) < 4.78 is 0. The molecule has 6 nitrogen and oxygen atoms in total. The fourth-order valence-electron chi connectivity index (χ4n) is 2.20. The summed E-state index contributed by atoms with van der Waals surface area (Å²) in [6.07, 6.45) is 4.80. The lowest BCUT2D eigenvalue weighted by molar-refractivity contribution is 0.0706. The van der Waals surface area contributed by atoms with E-state index in [1.807, 2.05) is 4.90 Å². The molecule has 0 atom stereocenters. The van der Waals surface area contributed by atoms with Crippen molar-refractivity contribution < 1.29 is 9.59 Å². The molecule has 20 heavy (non-hydrogen) atoms. The van der Waals surface area contributed by atoms with Gasteiger partial charge in [0, 0.05) is 45.6 Å². The van der Waals surface area contributed by atoms with Gasteiger partial charge in [-0.1, -0.05) is 0 Å². The van der Waals surface area contributed by atoms with Crippen LogP contribution in [0.3, 0.4) is 0 Å². The number of piperidine rings is 1. The molecule has 1 aromatic heterocycles. The van der Waals surface area contributed by atoms with Crippen LogP contribution >= 0.6 is 0 Å². The molecule has 0 spiro atoms. The third-order valence-electron chi connectivity index (χ3n) is 3.42. The lowest BCUT2D eigenvalue weighted by atomic mass is 10.0. The van der Waals surface area contributed by atoms with Crippen molar-refractivity contribution in [3.05, 3.63) is 30.1 Å². The minimum Gasteiger partial charge on any atom is -0.338 e. The van der Waals surface area contributed by atoms with Gasteiger partial charge in [0.1, 0.15) is 0 Å². The number of nitrogens with zero attached hydrogens (tertiary/aromatic N) is 3. The third kappa shape index (κ3) is 3.46. The molecular formula is C14H20N4O2. The molecule has 108 valence electrons. The molecule has 6 heteroatoms. The highest BCUT2D eigenvalue weighted by Gasteiger charge is 2.24. The van der Waals surface area contributed by atoms with Gasteiger partial charge in [0.05, 0.1) is 5.56 Å². The van der Waals surface area contributed by atoms with E-state index < -0.39 is 0 Å². The van der Waals surface area contributed by atoms with Crippen LogP contribution in [0.2, 0.25) is 0 Å². The first-order chi connectivity index (χ1) is 9.58. The molecule has 0 unspecified atom stereocenters. The van der Waals surface area contributed by atoms with E-state index in [-0.39, 0.29) is 18.0 Å². The number of carbonyl (C=O) groups excluding carboxylic acids is 2. The zero-order valence-electron chi connectivity index (χ0n) is 11.9. The molecule has 1 saturated heterocycles. The van der Waals surface area contributed by atoms with Gasteiger partial charge in [0.15, 0.2) is 0 Å². The van der Waals surface area contributed by atoms with Crippen LogP contribution in [0, 0.1) is 0 Å². The molecule has 3 amide bonds. The number of aromatic nitrogens is 1. The van der Waals surface area contributed by atoms with Gasteiger partial charge in [-0.2, -0.15) is 0 Å². The van der Waals surface area contributed by atoms with Gasteiger partial charge in [0.25, 0.3) is 5.91 Å². The maximum atomic E-state index is 12.2. The summed E-state index contributed by atoms with van der Waals surface area (Å²) in [7, 11) is 3.44. The topological polar surface area (TPSA) is 65.5 Å². The van der Waals surface area contributed by atoms with Gasteiger partial charge < -0.3 is 15.1 Å². The Morgan fingerprint density at radius 1 is 1.35 bits per heavy atom. The molecular weight excluding hydrogens is 256 g/mol. The van der Waals surface area contributed by atoms with E-state index in [9.17, 15) is 9.59 Å². The smallest absolute Gasteiger partial charge is 0.317 e. The Bertz CT molecular complexity index is 467. The Balaban J connectivity index is 1.85. The summed E-state index contributed by atoms with van der Waals surface area (Å²) in [6.45, 7) is 1.32. The third-order valence-corrected chi connectivity index (χ3v) is 3.42. The van der Waals surface area contributed by atoms with Crippen molar-refractivity contribution in [1.29, 1.82) is 0 Å². The Labute approximate surface area is 118 Å². The summed E-state index contributed by atoms with van der Waals surface area (Å²) >= 11 is 0.